The van der Waals surface area contributed by atoms with Crippen molar-refractivity contribution in [3.8, 4) is 6.07 Å². The molecule has 2 aliphatic rings. The molecule has 1 saturated heterocycles. The van der Waals surface area contributed by atoms with Crippen molar-refractivity contribution in [3.63, 3.8) is 0 Å². The Bertz CT molecular complexity index is 785. The number of nitrogens with one attached hydrogen (secondary N) is 1. The minimum Gasteiger partial charge on any atom is -0.416 e. The molecule has 0 aliphatic carbocycles. The molecule has 0 aromatic heterocycles. The lowest BCUT2D eigenvalue weighted by Gasteiger charge is -2.32. The first kappa shape index (κ1) is 19.0. The van der Waals surface area contributed by atoms with Gasteiger partial charge in [-0.25, -0.2) is 0 Å². The highest BCUT2D eigenvalue weighted by Crippen LogP contribution is 2.44. The number of hydrogen-bond donors (Lipinski definition) is 1. The number of hydrogen-bond acceptors (Lipinski definition) is 7. The van der Waals surface area contributed by atoms with Crippen LogP contribution >= 0.6 is 23.4 Å². The van der Waals surface area contributed by atoms with Gasteiger partial charge in [0.1, 0.15) is 4.75 Å². The minimum atomic E-state index is -1.51. The third kappa shape index (κ3) is 3.68. The van der Waals surface area contributed by atoms with Gasteiger partial charge in [0.25, 0.3) is 5.79 Å². The van der Waals surface area contributed by atoms with Crippen LogP contribution in [-0.4, -0.2) is 29.8 Å². The Kier molecular flexibility index (Phi) is 5.20. The zero-order chi connectivity index (χ0) is 18.9. The van der Waals surface area contributed by atoms with Crippen molar-refractivity contribution in [1.82, 2.24) is 5.32 Å². The molecule has 1 aromatic carbocycles. The number of ether oxygens (including phenoxy) is 2. The normalized spacial score (nSPS) is 19.6. The molecule has 1 fully saturated rings. The van der Waals surface area contributed by atoms with Gasteiger partial charge in [0.2, 0.25) is 0 Å². The van der Waals surface area contributed by atoms with E-state index >= 15 is 0 Å². The Hall–Kier alpha value is -1.75. The van der Waals surface area contributed by atoms with Crippen molar-refractivity contribution in [2.75, 3.05) is 13.1 Å². The van der Waals surface area contributed by atoms with E-state index in [9.17, 15) is 14.9 Å². The smallest absolute Gasteiger partial charge is 0.309 e. The summed E-state index contributed by atoms with van der Waals surface area (Å²) in [7, 11) is 0. The SMILES string of the molecule is CC(C)(C#N)Sc1c(Cl)ccc2c1CCNCC21OC(=O)CCC(=O)O1. The molecule has 0 bridgehead atoms. The lowest BCUT2D eigenvalue weighted by molar-refractivity contribution is -0.225. The molecule has 1 aromatic rings. The molecule has 6 nitrogen and oxygen atoms in total. The summed E-state index contributed by atoms with van der Waals surface area (Å²) < 4.78 is 10.5. The van der Waals surface area contributed by atoms with Gasteiger partial charge < -0.3 is 14.8 Å². The average molecular weight is 395 g/mol. The topological polar surface area (TPSA) is 88.4 Å². The zero-order valence-corrected chi connectivity index (χ0v) is 16.1. The summed E-state index contributed by atoms with van der Waals surface area (Å²) in [6, 6.07) is 5.68. The van der Waals surface area contributed by atoms with Crippen LogP contribution in [0.4, 0.5) is 0 Å². The molecular formula is C18H19ClN2O4S. The summed E-state index contributed by atoms with van der Waals surface area (Å²) in [5.74, 6) is -2.47. The molecule has 0 atom stereocenters. The standard InChI is InChI=1S/C18H19ClN2O4S/c1-17(2,9-20)26-16-11-7-8-21-10-18(12(11)3-4-13(16)19)24-14(22)5-6-15(23)25-18/h3-4,21H,5-8,10H2,1-2H3. The number of carbonyl (C=O) groups is 2. The molecule has 3 rings (SSSR count). The summed E-state index contributed by atoms with van der Waals surface area (Å²) in [5, 5.41) is 13.1. The summed E-state index contributed by atoms with van der Waals surface area (Å²) in [6.07, 6.45) is 0.593. The lowest BCUT2D eigenvalue weighted by Crippen LogP contribution is -2.43. The fourth-order valence-corrected chi connectivity index (χ4v) is 4.38. The van der Waals surface area contributed by atoms with E-state index in [1.54, 1.807) is 12.1 Å². The summed E-state index contributed by atoms with van der Waals surface area (Å²) >= 11 is 7.78. The minimum absolute atomic E-state index is 0.00736. The van der Waals surface area contributed by atoms with Crippen LogP contribution in [-0.2, 0) is 31.3 Å². The number of carbonyl (C=O) groups excluding carboxylic acids is 2. The maximum Gasteiger partial charge on any atom is 0.309 e. The number of nitriles is 1. The van der Waals surface area contributed by atoms with Gasteiger partial charge in [-0.2, -0.15) is 5.26 Å². The van der Waals surface area contributed by atoms with Crippen LogP contribution in [0.3, 0.4) is 0 Å². The van der Waals surface area contributed by atoms with Crippen LogP contribution in [0.5, 0.6) is 0 Å². The molecule has 8 heteroatoms. The van der Waals surface area contributed by atoms with E-state index in [-0.39, 0.29) is 19.4 Å². The molecule has 0 saturated carbocycles. The molecule has 0 radical (unpaired) electrons. The maximum absolute atomic E-state index is 12.1. The number of nitrogens with zero attached hydrogens (tertiary/aromatic N) is 1. The second kappa shape index (κ2) is 7.10. The van der Waals surface area contributed by atoms with Crippen molar-refractivity contribution >= 4 is 35.3 Å². The van der Waals surface area contributed by atoms with E-state index in [2.05, 4.69) is 11.4 Å². The Balaban J connectivity index is 2.16. The number of rotatable bonds is 2. The number of fused-ring (bicyclic) bond motifs is 2. The van der Waals surface area contributed by atoms with E-state index in [0.717, 1.165) is 10.5 Å². The largest absolute Gasteiger partial charge is 0.416 e. The van der Waals surface area contributed by atoms with Crippen LogP contribution in [0.25, 0.3) is 0 Å². The van der Waals surface area contributed by atoms with Gasteiger partial charge in [-0.15, -0.1) is 11.8 Å². The van der Waals surface area contributed by atoms with Gasteiger partial charge in [0.05, 0.1) is 30.5 Å². The van der Waals surface area contributed by atoms with Crippen LogP contribution < -0.4 is 5.32 Å². The van der Waals surface area contributed by atoms with Crippen LogP contribution in [0.1, 0.15) is 37.8 Å². The molecule has 2 heterocycles. The highest BCUT2D eigenvalue weighted by molar-refractivity contribution is 8.01. The first-order valence-corrected chi connectivity index (χ1v) is 9.52. The van der Waals surface area contributed by atoms with Crippen LogP contribution in [0.2, 0.25) is 5.02 Å². The van der Waals surface area contributed by atoms with Crippen molar-refractivity contribution in [2.45, 2.75) is 48.5 Å². The number of halogens is 1. The first-order chi connectivity index (χ1) is 12.3. The highest BCUT2D eigenvalue weighted by atomic mass is 35.5. The fourth-order valence-electron chi connectivity index (χ4n) is 3.03. The Morgan fingerprint density at radius 2 is 1.88 bits per heavy atom. The molecule has 1 spiro atoms. The van der Waals surface area contributed by atoms with Gasteiger partial charge in [0, 0.05) is 10.5 Å². The van der Waals surface area contributed by atoms with Gasteiger partial charge >= 0.3 is 11.9 Å². The summed E-state index contributed by atoms with van der Waals surface area (Å²) in [5.41, 5.74) is 1.44. The number of esters is 2. The molecule has 1 N–H and O–H groups in total. The molecule has 0 amide bonds. The van der Waals surface area contributed by atoms with E-state index < -0.39 is 22.5 Å². The highest BCUT2D eigenvalue weighted by Gasteiger charge is 2.46. The van der Waals surface area contributed by atoms with Crippen LogP contribution in [0.15, 0.2) is 17.0 Å². The predicted octanol–water partition coefficient (Wildman–Crippen LogP) is 2.91. The quantitative estimate of drug-likeness (QED) is 0.609. The summed E-state index contributed by atoms with van der Waals surface area (Å²) in [6.45, 7) is 4.39. The molecule has 26 heavy (non-hydrogen) atoms. The van der Waals surface area contributed by atoms with Crippen molar-refractivity contribution in [3.05, 3.63) is 28.3 Å². The van der Waals surface area contributed by atoms with Gasteiger partial charge in [0.15, 0.2) is 0 Å². The number of thioether (sulfide) groups is 1. The Morgan fingerprint density at radius 3 is 2.50 bits per heavy atom. The van der Waals surface area contributed by atoms with Crippen molar-refractivity contribution in [2.24, 2.45) is 0 Å². The third-order valence-corrected chi connectivity index (χ3v) is 5.95. The van der Waals surface area contributed by atoms with Gasteiger partial charge in [-0.05, 0) is 44.5 Å². The zero-order valence-electron chi connectivity index (χ0n) is 14.6. The predicted molar refractivity (Wildman–Crippen MR) is 96.7 cm³/mol. The average Bonchev–Trinajstić information content (AvgIpc) is 2.84. The Morgan fingerprint density at radius 1 is 1.23 bits per heavy atom. The van der Waals surface area contributed by atoms with Crippen molar-refractivity contribution in [1.29, 1.82) is 5.26 Å². The molecule has 0 unspecified atom stereocenters. The van der Waals surface area contributed by atoms with Crippen LogP contribution in [0, 0.1) is 11.3 Å². The maximum atomic E-state index is 12.1. The van der Waals surface area contributed by atoms with E-state index in [0.29, 0.717) is 23.6 Å². The molecule has 2 aliphatic heterocycles. The second-order valence-electron chi connectivity index (χ2n) is 6.75. The third-order valence-electron chi connectivity index (χ3n) is 4.25. The fraction of sp³-hybridized carbons (Fsp3) is 0.500. The molecular weight excluding hydrogens is 376 g/mol. The van der Waals surface area contributed by atoms with E-state index in [1.165, 1.54) is 11.8 Å². The molecule has 138 valence electrons. The first-order valence-electron chi connectivity index (χ1n) is 8.33. The second-order valence-corrected chi connectivity index (χ2v) is 8.79. The van der Waals surface area contributed by atoms with E-state index in [1.807, 2.05) is 13.8 Å². The summed E-state index contributed by atoms with van der Waals surface area (Å²) in [4.78, 5) is 24.9. The number of benzene rings is 1. The van der Waals surface area contributed by atoms with Crippen molar-refractivity contribution < 1.29 is 19.1 Å². The van der Waals surface area contributed by atoms with Gasteiger partial charge in [-0.1, -0.05) is 11.6 Å². The van der Waals surface area contributed by atoms with E-state index in [4.69, 9.17) is 21.1 Å². The lowest BCUT2D eigenvalue weighted by atomic mass is 9.98. The van der Waals surface area contributed by atoms with Gasteiger partial charge in [-0.3, -0.25) is 9.59 Å². The monoisotopic (exact) mass is 394 g/mol. The Labute approximate surface area is 161 Å².